The lowest BCUT2D eigenvalue weighted by atomic mass is 10.0. The van der Waals surface area contributed by atoms with E-state index in [0.29, 0.717) is 0 Å². The van der Waals surface area contributed by atoms with E-state index in [2.05, 4.69) is 0 Å². The summed E-state index contributed by atoms with van der Waals surface area (Å²) in [5, 5.41) is 11.8. The number of rotatable bonds is 3. The predicted octanol–water partition coefficient (Wildman–Crippen LogP) is -1.26. The summed E-state index contributed by atoms with van der Waals surface area (Å²) >= 11 is 0. The molecule has 0 amide bonds. The van der Waals surface area contributed by atoms with Gasteiger partial charge in [-0.25, -0.2) is 0 Å². The summed E-state index contributed by atoms with van der Waals surface area (Å²) in [4.78, 5) is 22.9. The number of aliphatic hydroxyl groups excluding tert-OH is 1. The van der Waals surface area contributed by atoms with Crippen molar-refractivity contribution in [1.82, 2.24) is 0 Å². The van der Waals surface area contributed by atoms with Crippen LogP contribution in [0.4, 0.5) is 0 Å². The van der Waals surface area contributed by atoms with Gasteiger partial charge in [0.2, 0.25) is 0 Å². The SMILES string of the molecule is C[NH2+][C@@H](C)[C@H](O)c1ccccc1.O=P([O-])(O)O. The molecule has 0 spiro atoms. The molecule has 0 unspecified atom stereocenters. The molecule has 0 heterocycles. The molecule has 1 aromatic rings. The van der Waals surface area contributed by atoms with Crippen LogP contribution in [0.2, 0.25) is 0 Å². The standard InChI is InChI=1S/C10H15NO.H3O4P/c1-8(11-2)10(12)9-6-4-3-5-7-9;1-5(2,3)4/h3-8,10-12H,1-2H3;(H3,1,2,3,4)/t8-,10-;/m0./s1. The summed E-state index contributed by atoms with van der Waals surface area (Å²) in [7, 11) is -2.92. The predicted molar refractivity (Wildman–Crippen MR) is 60.8 cm³/mol. The smallest absolute Gasteiger partial charge is 0.262 e. The van der Waals surface area contributed by atoms with Crippen molar-refractivity contribution in [3.05, 3.63) is 35.9 Å². The van der Waals surface area contributed by atoms with Gasteiger partial charge in [0, 0.05) is 0 Å². The van der Waals surface area contributed by atoms with Gasteiger partial charge in [0.1, 0.15) is 12.1 Å². The van der Waals surface area contributed by atoms with Gasteiger partial charge in [0.05, 0.1) is 7.05 Å². The normalized spacial score (nSPS) is 14.5. The van der Waals surface area contributed by atoms with Gasteiger partial charge in [-0.15, -0.1) is 0 Å². The van der Waals surface area contributed by atoms with E-state index in [1.807, 2.05) is 49.6 Å². The molecule has 0 fully saturated rings. The van der Waals surface area contributed by atoms with Gasteiger partial charge in [0.25, 0.3) is 7.82 Å². The molecule has 7 heteroatoms. The van der Waals surface area contributed by atoms with Crippen LogP contribution in [0.15, 0.2) is 30.3 Å². The molecule has 0 aromatic heterocycles. The lowest BCUT2D eigenvalue weighted by Gasteiger charge is -2.15. The number of phosphoric acid groups is 1. The molecular formula is C10H18NO5P. The van der Waals surface area contributed by atoms with Crippen LogP contribution in [0.25, 0.3) is 0 Å². The van der Waals surface area contributed by atoms with Crippen LogP contribution in [-0.4, -0.2) is 28.0 Å². The molecule has 0 radical (unpaired) electrons. The first-order chi connectivity index (χ1) is 7.75. The molecule has 0 aliphatic rings. The number of benzene rings is 1. The average Bonchev–Trinajstić information content (AvgIpc) is 2.26. The van der Waals surface area contributed by atoms with Crippen molar-refractivity contribution in [2.24, 2.45) is 0 Å². The van der Waals surface area contributed by atoms with E-state index in [4.69, 9.17) is 19.2 Å². The summed E-state index contributed by atoms with van der Waals surface area (Å²) < 4.78 is 8.77. The lowest BCUT2D eigenvalue weighted by Crippen LogP contribution is -2.86. The summed E-state index contributed by atoms with van der Waals surface area (Å²) in [5.74, 6) is 0. The largest absolute Gasteiger partial charge is 0.756 e. The number of hydrogen-bond acceptors (Lipinski definition) is 3. The molecule has 1 rings (SSSR count). The minimum Gasteiger partial charge on any atom is -0.756 e. The van der Waals surface area contributed by atoms with Crippen LogP contribution in [-0.2, 0) is 4.57 Å². The van der Waals surface area contributed by atoms with Crippen molar-refractivity contribution in [1.29, 1.82) is 0 Å². The Morgan fingerprint density at radius 1 is 1.29 bits per heavy atom. The molecule has 1 aromatic carbocycles. The molecule has 0 saturated heterocycles. The van der Waals surface area contributed by atoms with Gasteiger partial charge in [-0.05, 0) is 12.5 Å². The minimum absolute atomic E-state index is 0.215. The van der Waals surface area contributed by atoms with Crippen LogP contribution >= 0.6 is 7.82 Å². The highest BCUT2D eigenvalue weighted by Gasteiger charge is 2.16. The molecule has 98 valence electrons. The third kappa shape index (κ3) is 9.00. The highest BCUT2D eigenvalue weighted by Crippen LogP contribution is 2.19. The molecule has 2 atom stereocenters. The maximum absolute atomic E-state index is 9.76. The van der Waals surface area contributed by atoms with Crippen molar-refractivity contribution < 1.29 is 29.7 Å². The van der Waals surface area contributed by atoms with Crippen molar-refractivity contribution in [3.8, 4) is 0 Å². The van der Waals surface area contributed by atoms with Gasteiger partial charge in [-0.1, -0.05) is 30.3 Å². The summed E-state index contributed by atoms with van der Waals surface area (Å²) in [6.07, 6.45) is -0.365. The van der Waals surface area contributed by atoms with Gasteiger partial charge >= 0.3 is 0 Å². The quantitative estimate of drug-likeness (QED) is 0.508. The Hall–Kier alpha value is -0.750. The van der Waals surface area contributed by atoms with E-state index in [-0.39, 0.29) is 12.1 Å². The fourth-order valence-electron chi connectivity index (χ4n) is 1.14. The second kappa shape index (κ2) is 7.55. The Labute approximate surface area is 100 Å². The van der Waals surface area contributed by atoms with Crippen LogP contribution < -0.4 is 10.2 Å². The van der Waals surface area contributed by atoms with E-state index >= 15 is 0 Å². The van der Waals surface area contributed by atoms with E-state index < -0.39 is 7.82 Å². The van der Waals surface area contributed by atoms with Crippen LogP contribution in [0.1, 0.15) is 18.6 Å². The van der Waals surface area contributed by atoms with E-state index in [1.54, 1.807) is 0 Å². The third-order valence-electron chi connectivity index (χ3n) is 2.16. The zero-order chi connectivity index (χ0) is 13.5. The Balaban J connectivity index is 0.000000437. The van der Waals surface area contributed by atoms with Crippen LogP contribution in [0.3, 0.4) is 0 Å². The van der Waals surface area contributed by atoms with Crippen molar-refractivity contribution in [2.75, 3.05) is 7.05 Å². The number of aliphatic hydroxyl groups is 1. The second-order valence-corrected chi connectivity index (χ2v) is 4.52. The molecule has 6 nitrogen and oxygen atoms in total. The van der Waals surface area contributed by atoms with Crippen molar-refractivity contribution in [3.63, 3.8) is 0 Å². The van der Waals surface area contributed by atoms with Gasteiger partial charge < -0.3 is 25.1 Å². The van der Waals surface area contributed by atoms with E-state index in [9.17, 15) is 5.11 Å². The highest BCUT2D eigenvalue weighted by atomic mass is 31.2. The highest BCUT2D eigenvalue weighted by molar-refractivity contribution is 7.43. The van der Waals surface area contributed by atoms with Gasteiger partial charge in [-0.2, -0.15) is 0 Å². The average molecular weight is 263 g/mol. The molecule has 0 bridgehead atoms. The zero-order valence-corrected chi connectivity index (χ0v) is 10.6. The fraction of sp³-hybridized carbons (Fsp3) is 0.400. The first-order valence-corrected chi connectivity index (χ1v) is 6.57. The third-order valence-corrected chi connectivity index (χ3v) is 2.16. The lowest BCUT2D eigenvalue weighted by molar-refractivity contribution is -0.669. The van der Waals surface area contributed by atoms with Crippen molar-refractivity contribution >= 4 is 7.82 Å². The Morgan fingerprint density at radius 3 is 2.06 bits per heavy atom. The second-order valence-electron chi connectivity index (χ2n) is 3.54. The van der Waals surface area contributed by atoms with Crippen molar-refractivity contribution in [2.45, 2.75) is 19.1 Å². The fourth-order valence-corrected chi connectivity index (χ4v) is 1.14. The summed E-state index contributed by atoms with van der Waals surface area (Å²) in [5.41, 5.74) is 0.989. The maximum atomic E-state index is 9.76. The first kappa shape index (κ1) is 16.2. The Kier molecular flexibility index (Phi) is 7.22. The number of likely N-dealkylation sites (N-methyl/N-ethyl adjacent to an activating group) is 1. The number of quaternary nitrogens is 1. The first-order valence-electron chi connectivity index (χ1n) is 5.04. The number of nitrogens with two attached hydrogens (primary N) is 1. The molecule has 0 saturated carbocycles. The van der Waals surface area contributed by atoms with Gasteiger partial charge in [-0.3, -0.25) is 4.57 Å². The van der Waals surface area contributed by atoms with Crippen LogP contribution in [0, 0.1) is 0 Å². The van der Waals surface area contributed by atoms with E-state index in [0.717, 1.165) is 5.56 Å². The summed E-state index contributed by atoms with van der Waals surface area (Å²) in [6.45, 7) is 2.01. The maximum Gasteiger partial charge on any atom is 0.262 e. The monoisotopic (exact) mass is 263 g/mol. The molecule has 17 heavy (non-hydrogen) atoms. The molecular weight excluding hydrogens is 245 g/mol. The minimum atomic E-state index is -4.89. The van der Waals surface area contributed by atoms with E-state index in [1.165, 1.54) is 0 Å². The zero-order valence-electron chi connectivity index (χ0n) is 9.72. The molecule has 5 N–H and O–H groups in total. The Bertz CT molecular complexity index is 345. The Morgan fingerprint density at radius 2 is 1.71 bits per heavy atom. The summed E-state index contributed by atoms with van der Waals surface area (Å²) in [6, 6.07) is 9.96. The molecule has 0 aliphatic heterocycles. The number of hydrogen-bond donors (Lipinski definition) is 4. The van der Waals surface area contributed by atoms with Crippen LogP contribution in [0.5, 0.6) is 0 Å². The van der Waals surface area contributed by atoms with Gasteiger partial charge in [0.15, 0.2) is 0 Å². The molecule has 0 aliphatic carbocycles. The topological polar surface area (TPSA) is 117 Å².